The molecule has 0 radical (unpaired) electrons. The van der Waals surface area contributed by atoms with Crippen molar-refractivity contribution in [3.63, 3.8) is 0 Å². The van der Waals surface area contributed by atoms with Crippen molar-refractivity contribution >= 4 is 6.03 Å². The van der Waals surface area contributed by atoms with Gasteiger partial charge >= 0.3 is 6.03 Å². The number of furan rings is 1. The van der Waals surface area contributed by atoms with Gasteiger partial charge in [-0.15, -0.1) is 0 Å². The molecule has 0 fully saturated rings. The Labute approximate surface area is 141 Å². The minimum absolute atomic E-state index is 0.0217. The summed E-state index contributed by atoms with van der Waals surface area (Å²) in [7, 11) is 0. The van der Waals surface area contributed by atoms with Crippen LogP contribution < -0.4 is 10.6 Å². The summed E-state index contributed by atoms with van der Waals surface area (Å²) in [5.41, 5.74) is -0.312. The van der Waals surface area contributed by atoms with Crippen molar-refractivity contribution in [1.82, 2.24) is 10.6 Å². The van der Waals surface area contributed by atoms with E-state index in [-0.39, 0.29) is 25.2 Å². The molecule has 130 valence electrons. The Morgan fingerprint density at radius 3 is 2.62 bits per heavy atom. The number of hydrogen-bond donors (Lipinski definition) is 4. The molecule has 0 aliphatic carbocycles. The molecule has 0 spiro atoms. The van der Waals surface area contributed by atoms with Crippen LogP contribution >= 0.6 is 0 Å². The van der Waals surface area contributed by atoms with Gasteiger partial charge in [-0.25, -0.2) is 4.79 Å². The molecule has 4 N–H and O–H groups in total. The minimum atomic E-state index is -1.28. The van der Waals surface area contributed by atoms with Crippen molar-refractivity contribution in [3.8, 4) is 0 Å². The van der Waals surface area contributed by atoms with E-state index in [9.17, 15) is 9.90 Å². The lowest BCUT2D eigenvalue weighted by Crippen LogP contribution is -2.44. The lowest BCUT2D eigenvalue weighted by Gasteiger charge is -2.23. The molecule has 6 heteroatoms. The van der Waals surface area contributed by atoms with Crippen molar-refractivity contribution in [3.05, 3.63) is 60.1 Å². The smallest absolute Gasteiger partial charge is 0.315 e. The van der Waals surface area contributed by atoms with Gasteiger partial charge in [0, 0.05) is 6.61 Å². The summed E-state index contributed by atoms with van der Waals surface area (Å²) >= 11 is 0. The van der Waals surface area contributed by atoms with Gasteiger partial charge in [0.1, 0.15) is 11.4 Å². The third-order valence-electron chi connectivity index (χ3n) is 3.80. The van der Waals surface area contributed by atoms with Crippen LogP contribution in [0.5, 0.6) is 0 Å². The van der Waals surface area contributed by atoms with Crippen LogP contribution in [0.3, 0.4) is 0 Å². The molecule has 2 amide bonds. The molecule has 2 unspecified atom stereocenters. The number of amides is 2. The van der Waals surface area contributed by atoms with Gasteiger partial charge in [0.25, 0.3) is 0 Å². The third-order valence-corrected chi connectivity index (χ3v) is 3.80. The van der Waals surface area contributed by atoms with E-state index >= 15 is 0 Å². The Morgan fingerprint density at radius 2 is 2.00 bits per heavy atom. The summed E-state index contributed by atoms with van der Waals surface area (Å²) in [5, 5.41) is 24.9. The van der Waals surface area contributed by atoms with Crippen molar-refractivity contribution < 1.29 is 19.4 Å². The van der Waals surface area contributed by atoms with E-state index in [0.29, 0.717) is 18.6 Å². The van der Waals surface area contributed by atoms with Crippen LogP contribution in [0.4, 0.5) is 4.79 Å². The molecule has 2 aromatic rings. The molecule has 1 heterocycles. The SMILES string of the molecule is CC(O)(CNC(=O)NC(CCCO)c1ccccc1)c1ccco1. The predicted molar refractivity (Wildman–Crippen MR) is 90.3 cm³/mol. The van der Waals surface area contributed by atoms with Crippen LogP contribution in [0.25, 0.3) is 0 Å². The van der Waals surface area contributed by atoms with E-state index in [2.05, 4.69) is 10.6 Å². The van der Waals surface area contributed by atoms with Gasteiger partial charge in [0.15, 0.2) is 0 Å². The number of aliphatic hydroxyl groups is 2. The number of urea groups is 1. The lowest BCUT2D eigenvalue weighted by molar-refractivity contribution is 0.0366. The van der Waals surface area contributed by atoms with Gasteiger partial charge in [-0.2, -0.15) is 0 Å². The average molecular weight is 332 g/mol. The third kappa shape index (κ3) is 5.11. The van der Waals surface area contributed by atoms with E-state index < -0.39 is 5.60 Å². The maximum absolute atomic E-state index is 12.2. The van der Waals surface area contributed by atoms with Crippen LogP contribution in [-0.4, -0.2) is 29.4 Å². The largest absolute Gasteiger partial charge is 0.466 e. The summed E-state index contributed by atoms with van der Waals surface area (Å²) in [5.74, 6) is 0.391. The molecule has 1 aromatic heterocycles. The number of hydrogen-bond acceptors (Lipinski definition) is 4. The fraction of sp³-hybridized carbons (Fsp3) is 0.389. The van der Waals surface area contributed by atoms with Crippen molar-refractivity contribution in [1.29, 1.82) is 0 Å². The molecule has 0 bridgehead atoms. The Morgan fingerprint density at radius 1 is 1.25 bits per heavy atom. The highest BCUT2D eigenvalue weighted by Crippen LogP contribution is 2.20. The Kier molecular flexibility index (Phi) is 6.40. The van der Waals surface area contributed by atoms with E-state index in [1.807, 2.05) is 30.3 Å². The molecule has 6 nitrogen and oxygen atoms in total. The first-order chi connectivity index (χ1) is 11.5. The monoisotopic (exact) mass is 332 g/mol. The maximum atomic E-state index is 12.2. The fourth-order valence-corrected chi connectivity index (χ4v) is 2.44. The lowest BCUT2D eigenvalue weighted by atomic mass is 10.0. The number of benzene rings is 1. The number of aliphatic hydroxyl groups excluding tert-OH is 1. The molecule has 0 saturated carbocycles. The Hall–Kier alpha value is -2.31. The zero-order chi connectivity index (χ0) is 17.4. The first kappa shape index (κ1) is 18.0. The van der Waals surface area contributed by atoms with E-state index in [1.54, 1.807) is 19.1 Å². The van der Waals surface area contributed by atoms with Crippen molar-refractivity contribution in [2.45, 2.75) is 31.4 Å². The molecular weight excluding hydrogens is 308 g/mol. The molecule has 0 aliphatic rings. The first-order valence-electron chi connectivity index (χ1n) is 7.99. The number of rotatable bonds is 8. The van der Waals surface area contributed by atoms with Gasteiger partial charge in [0.2, 0.25) is 0 Å². The summed E-state index contributed by atoms with van der Waals surface area (Å²) in [6.07, 6.45) is 2.69. The highest BCUT2D eigenvalue weighted by molar-refractivity contribution is 5.74. The Balaban J connectivity index is 1.93. The highest BCUT2D eigenvalue weighted by atomic mass is 16.4. The number of carbonyl (C=O) groups excluding carboxylic acids is 1. The first-order valence-corrected chi connectivity index (χ1v) is 7.99. The topological polar surface area (TPSA) is 94.7 Å². The summed E-state index contributed by atoms with van der Waals surface area (Å²) in [4.78, 5) is 12.2. The van der Waals surface area contributed by atoms with Crippen LogP contribution in [0.2, 0.25) is 0 Å². The average Bonchev–Trinajstić information content (AvgIpc) is 3.13. The second-order valence-electron chi connectivity index (χ2n) is 5.91. The summed E-state index contributed by atoms with van der Waals surface area (Å²) in [6.45, 7) is 1.67. The van der Waals surface area contributed by atoms with E-state index in [4.69, 9.17) is 9.52 Å². The maximum Gasteiger partial charge on any atom is 0.315 e. The van der Waals surface area contributed by atoms with Crippen molar-refractivity contribution in [2.75, 3.05) is 13.2 Å². The standard InChI is InChI=1S/C18H24N2O4/c1-18(23,16-10-6-12-24-16)13-19-17(22)20-15(9-5-11-21)14-7-3-2-4-8-14/h2-4,6-8,10,12,15,21,23H,5,9,11,13H2,1H3,(H2,19,20,22). The van der Waals surface area contributed by atoms with Gasteiger partial charge in [-0.1, -0.05) is 30.3 Å². The highest BCUT2D eigenvalue weighted by Gasteiger charge is 2.27. The quantitative estimate of drug-likeness (QED) is 0.596. The fourth-order valence-electron chi connectivity index (χ4n) is 2.44. The van der Waals surface area contributed by atoms with Gasteiger partial charge in [0.05, 0.1) is 18.8 Å². The van der Waals surface area contributed by atoms with E-state index in [1.165, 1.54) is 6.26 Å². The normalized spacial score (nSPS) is 14.6. The number of nitrogens with one attached hydrogen (secondary N) is 2. The van der Waals surface area contributed by atoms with E-state index in [0.717, 1.165) is 5.56 Å². The van der Waals surface area contributed by atoms with Crippen LogP contribution in [-0.2, 0) is 5.60 Å². The van der Waals surface area contributed by atoms with Gasteiger partial charge < -0.3 is 25.3 Å². The van der Waals surface area contributed by atoms with Gasteiger partial charge in [-0.3, -0.25) is 0 Å². The molecule has 2 atom stereocenters. The molecule has 2 rings (SSSR count). The molecule has 0 saturated heterocycles. The number of carbonyl (C=O) groups is 1. The molecule has 0 aliphatic heterocycles. The van der Waals surface area contributed by atoms with Gasteiger partial charge in [-0.05, 0) is 37.5 Å². The van der Waals surface area contributed by atoms with Crippen molar-refractivity contribution in [2.24, 2.45) is 0 Å². The zero-order valence-corrected chi connectivity index (χ0v) is 13.7. The summed E-state index contributed by atoms with van der Waals surface area (Å²) in [6, 6.07) is 12.3. The minimum Gasteiger partial charge on any atom is -0.466 e. The second-order valence-corrected chi connectivity index (χ2v) is 5.91. The van der Waals surface area contributed by atoms with Crippen LogP contribution in [0.1, 0.15) is 37.1 Å². The zero-order valence-electron chi connectivity index (χ0n) is 13.7. The predicted octanol–water partition coefficient (Wildman–Crippen LogP) is 2.30. The second kappa shape index (κ2) is 8.52. The Bertz CT molecular complexity index is 611. The molecular formula is C18H24N2O4. The molecule has 1 aromatic carbocycles. The molecule has 24 heavy (non-hydrogen) atoms. The summed E-state index contributed by atoms with van der Waals surface area (Å²) < 4.78 is 5.18. The van der Waals surface area contributed by atoms with Crippen LogP contribution in [0, 0.1) is 0 Å². The van der Waals surface area contributed by atoms with Crippen LogP contribution in [0.15, 0.2) is 53.1 Å².